The Morgan fingerprint density at radius 2 is 1.89 bits per heavy atom. The number of nitrogens with zero attached hydrogens (tertiary/aromatic N) is 4. The summed E-state index contributed by atoms with van der Waals surface area (Å²) < 4.78 is 38.8. The number of anilines is 1. The number of alkyl halides is 3. The lowest BCUT2D eigenvalue weighted by atomic mass is 10.0. The lowest BCUT2D eigenvalue weighted by Crippen LogP contribution is -2.36. The quantitative estimate of drug-likeness (QED) is 0.619. The first-order chi connectivity index (χ1) is 13.2. The Morgan fingerprint density at radius 3 is 2.54 bits per heavy atom. The van der Waals surface area contributed by atoms with Crippen LogP contribution in [0.15, 0.2) is 18.3 Å². The number of aromatic amines is 1. The van der Waals surface area contributed by atoms with Gasteiger partial charge in [0.05, 0.1) is 23.4 Å². The molecule has 0 aliphatic carbocycles. The van der Waals surface area contributed by atoms with E-state index in [9.17, 15) is 23.4 Å². The van der Waals surface area contributed by atoms with Gasteiger partial charge in [0.25, 0.3) is 0 Å². The van der Waals surface area contributed by atoms with Crippen molar-refractivity contribution in [1.29, 1.82) is 0 Å². The fourth-order valence-corrected chi connectivity index (χ4v) is 3.39. The van der Waals surface area contributed by atoms with Gasteiger partial charge >= 0.3 is 6.18 Å². The van der Waals surface area contributed by atoms with Gasteiger partial charge in [-0.3, -0.25) is 0 Å². The first-order valence-electron chi connectivity index (χ1n) is 8.79. The Balaban J connectivity index is 1.71. The Hall–Kier alpha value is -2.88. The Bertz CT molecular complexity index is 1000. The molecule has 0 bridgehead atoms. The maximum atomic E-state index is 12.9. The van der Waals surface area contributed by atoms with Crippen molar-refractivity contribution < 1.29 is 23.4 Å². The third-order valence-electron chi connectivity index (χ3n) is 4.86. The summed E-state index contributed by atoms with van der Waals surface area (Å²) in [4.78, 5) is 18.0. The summed E-state index contributed by atoms with van der Waals surface area (Å²) >= 11 is 0. The van der Waals surface area contributed by atoms with Crippen molar-refractivity contribution >= 4 is 17.1 Å². The van der Waals surface area contributed by atoms with Gasteiger partial charge in [0.2, 0.25) is 0 Å². The van der Waals surface area contributed by atoms with Crippen molar-refractivity contribution in [2.45, 2.75) is 32.0 Å². The van der Waals surface area contributed by atoms with Gasteiger partial charge in [0.1, 0.15) is 17.4 Å². The predicted octanol–water partition coefficient (Wildman–Crippen LogP) is 3.01. The largest absolute Gasteiger partial charge is 0.507 e. The van der Waals surface area contributed by atoms with Crippen LogP contribution in [0.4, 0.5) is 19.0 Å². The van der Waals surface area contributed by atoms with Gasteiger partial charge in [-0.25, -0.2) is 15.0 Å². The summed E-state index contributed by atoms with van der Waals surface area (Å²) in [7, 11) is 0. The van der Waals surface area contributed by atoms with E-state index in [0.717, 1.165) is 6.07 Å². The highest BCUT2D eigenvalue weighted by molar-refractivity contribution is 5.77. The van der Waals surface area contributed by atoms with E-state index in [4.69, 9.17) is 0 Å². The molecule has 3 aromatic rings. The van der Waals surface area contributed by atoms with Crippen molar-refractivity contribution in [2.24, 2.45) is 0 Å². The topological polar surface area (TPSA) is 98.2 Å². The number of piperidine rings is 1. The number of halogens is 3. The second-order valence-corrected chi connectivity index (χ2v) is 6.89. The average Bonchev–Trinajstić information content (AvgIpc) is 3.03. The molecule has 0 radical (unpaired) electrons. The molecule has 10 heteroatoms. The zero-order valence-electron chi connectivity index (χ0n) is 15.0. The highest BCUT2D eigenvalue weighted by atomic mass is 19.4. The Kier molecular flexibility index (Phi) is 4.37. The highest BCUT2D eigenvalue weighted by Crippen LogP contribution is 2.38. The van der Waals surface area contributed by atoms with Gasteiger partial charge in [-0.15, -0.1) is 0 Å². The number of hydrogen-bond acceptors (Lipinski definition) is 6. The molecule has 4 rings (SSSR count). The number of fused-ring (bicyclic) bond motifs is 1. The van der Waals surface area contributed by atoms with E-state index >= 15 is 0 Å². The van der Waals surface area contributed by atoms with Gasteiger partial charge in [-0.2, -0.15) is 13.2 Å². The SMILES string of the molecule is Cc1cc(C(F)(F)F)cc(O)c1-c1nc2ncc(N3CCC(O)CC3)nc2[nH]1. The van der Waals surface area contributed by atoms with E-state index < -0.39 is 17.5 Å². The van der Waals surface area contributed by atoms with E-state index in [1.165, 1.54) is 6.92 Å². The molecule has 0 spiro atoms. The van der Waals surface area contributed by atoms with Crippen LogP contribution in [0.1, 0.15) is 24.0 Å². The van der Waals surface area contributed by atoms with E-state index in [1.54, 1.807) is 6.20 Å². The molecule has 3 N–H and O–H groups in total. The Morgan fingerprint density at radius 1 is 1.18 bits per heavy atom. The van der Waals surface area contributed by atoms with Crippen molar-refractivity contribution in [2.75, 3.05) is 18.0 Å². The average molecular weight is 393 g/mol. The number of benzene rings is 1. The number of aliphatic hydroxyl groups excluding tert-OH is 1. The molecule has 0 amide bonds. The van der Waals surface area contributed by atoms with Gasteiger partial charge in [-0.05, 0) is 37.5 Å². The van der Waals surface area contributed by atoms with Crippen LogP contribution in [0.2, 0.25) is 0 Å². The molecular formula is C18H18F3N5O2. The van der Waals surface area contributed by atoms with E-state index in [2.05, 4.69) is 19.9 Å². The fraction of sp³-hybridized carbons (Fsp3) is 0.389. The third-order valence-corrected chi connectivity index (χ3v) is 4.86. The Labute approximate surface area is 157 Å². The van der Waals surface area contributed by atoms with Crippen LogP contribution in [-0.4, -0.2) is 49.3 Å². The maximum absolute atomic E-state index is 12.9. The molecule has 1 aliphatic heterocycles. The highest BCUT2D eigenvalue weighted by Gasteiger charge is 2.32. The zero-order chi connectivity index (χ0) is 20.1. The van der Waals surface area contributed by atoms with Gasteiger partial charge in [0.15, 0.2) is 11.3 Å². The van der Waals surface area contributed by atoms with E-state index in [-0.39, 0.29) is 23.1 Å². The van der Waals surface area contributed by atoms with Gasteiger partial charge in [0, 0.05) is 13.1 Å². The molecule has 3 heterocycles. The van der Waals surface area contributed by atoms with Crippen LogP contribution >= 0.6 is 0 Å². The molecule has 7 nitrogen and oxygen atoms in total. The van der Waals surface area contributed by atoms with Crippen molar-refractivity contribution in [3.8, 4) is 17.1 Å². The monoisotopic (exact) mass is 393 g/mol. The van der Waals surface area contributed by atoms with E-state index in [1.807, 2.05) is 4.90 Å². The van der Waals surface area contributed by atoms with Gasteiger partial charge in [-0.1, -0.05) is 0 Å². The molecule has 0 atom stereocenters. The second-order valence-electron chi connectivity index (χ2n) is 6.89. The van der Waals surface area contributed by atoms with Crippen molar-refractivity contribution in [3.05, 3.63) is 29.5 Å². The first kappa shape index (κ1) is 18.5. The summed E-state index contributed by atoms with van der Waals surface area (Å²) in [5.74, 6) is 0.310. The minimum atomic E-state index is -4.55. The number of phenolic OH excluding ortho intramolecular Hbond substituents is 1. The third kappa shape index (κ3) is 3.35. The minimum Gasteiger partial charge on any atom is -0.507 e. The smallest absolute Gasteiger partial charge is 0.416 e. The molecule has 1 aliphatic rings. The molecule has 28 heavy (non-hydrogen) atoms. The molecule has 148 valence electrons. The second kappa shape index (κ2) is 6.62. The molecular weight excluding hydrogens is 375 g/mol. The molecule has 1 fully saturated rings. The van der Waals surface area contributed by atoms with Crippen LogP contribution < -0.4 is 4.90 Å². The first-order valence-corrected chi connectivity index (χ1v) is 8.79. The molecule has 0 saturated carbocycles. The number of aryl methyl sites for hydroxylation is 1. The fourth-order valence-electron chi connectivity index (χ4n) is 3.39. The molecule has 0 unspecified atom stereocenters. The number of imidazole rings is 1. The van der Waals surface area contributed by atoms with Crippen molar-refractivity contribution in [3.63, 3.8) is 0 Å². The number of aliphatic hydroxyl groups is 1. The number of aromatic hydroxyl groups is 1. The number of rotatable bonds is 2. The lowest BCUT2D eigenvalue weighted by molar-refractivity contribution is -0.137. The maximum Gasteiger partial charge on any atom is 0.416 e. The van der Waals surface area contributed by atoms with Crippen molar-refractivity contribution in [1.82, 2.24) is 19.9 Å². The number of phenols is 1. The summed E-state index contributed by atoms with van der Waals surface area (Å²) in [6.07, 6.45) is -1.99. The number of H-pyrrole nitrogens is 1. The lowest BCUT2D eigenvalue weighted by Gasteiger charge is -2.30. The summed E-state index contributed by atoms with van der Waals surface area (Å²) in [6, 6.07) is 1.65. The standard InChI is InChI=1S/C18H18F3N5O2/c1-9-6-10(18(19,20)21)7-12(28)14(9)15-24-16-17(25-15)23-13(8-22-16)26-4-2-11(27)3-5-26/h6-8,11,27-28H,2-5H2,1H3,(H,22,23,24,25). The molecule has 1 aromatic carbocycles. The number of hydrogen-bond donors (Lipinski definition) is 3. The van der Waals surface area contributed by atoms with E-state index in [0.29, 0.717) is 49.1 Å². The zero-order valence-corrected chi connectivity index (χ0v) is 15.0. The van der Waals surface area contributed by atoms with Crippen LogP contribution in [-0.2, 0) is 6.18 Å². The van der Waals surface area contributed by atoms with Crippen LogP contribution in [0.3, 0.4) is 0 Å². The van der Waals surface area contributed by atoms with Crippen LogP contribution in [0.5, 0.6) is 5.75 Å². The summed E-state index contributed by atoms with van der Waals surface area (Å²) in [5.41, 5.74) is 0.159. The predicted molar refractivity (Wildman–Crippen MR) is 96.0 cm³/mol. The number of aromatic nitrogens is 4. The summed E-state index contributed by atoms with van der Waals surface area (Å²) in [5, 5.41) is 19.8. The summed E-state index contributed by atoms with van der Waals surface area (Å²) in [6.45, 7) is 2.78. The normalized spacial score (nSPS) is 16.1. The van der Waals surface area contributed by atoms with Gasteiger partial charge < -0.3 is 20.1 Å². The minimum absolute atomic E-state index is 0.176. The number of nitrogens with one attached hydrogen (secondary N) is 1. The van der Waals surface area contributed by atoms with Crippen LogP contribution in [0, 0.1) is 6.92 Å². The molecule has 2 aromatic heterocycles. The van der Waals surface area contributed by atoms with Crippen LogP contribution in [0.25, 0.3) is 22.7 Å². The molecule has 1 saturated heterocycles.